The van der Waals surface area contributed by atoms with Crippen molar-refractivity contribution >= 4 is 29.3 Å². The second-order valence-corrected chi connectivity index (χ2v) is 17.4. The molecule has 1 saturated carbocycles. The second-order valence-electron chi connectivity index (χ2n) is 17.4. The highest BCUT2D eigenvalue weighted by Crippen LogP contribution is 2.60. The van der Waals surface area contributed by atoms with Crippen LogP contribution in [-0.4, -0.2) is 34.6 Å². The van der Waals surface area contributed by atoms with Crippen LogP contribution in [0, 0.1) is 11.3 Å². The summed E-state index contributed by atoms with van der Waals surface area (Å²) in [5, 5.41) is 0. The molecule has 1 aliphatic carbocycles. The highest BCUT2D eigenvalue weighted by atomic mass is 16.5. The molecule has 4 amide bonds. The van der Waals surface area contributed by atoms with Gasteiger partial charge in [0.2, 0.25) is 0 Å². The van der Waals surface area contributed by atoms with E-state index in [4.69, 9.17) is 9.47 Å². The van der Waals surface area contributed by atoms with E-state index in [1.54, 1.807) is 36.4 Å². The van der Waals surface area contributed by atoms with Gasteiger partial charge in [0.15, 0.2) is 0 Å². The molecule has 5 aromatic rings. The zero-order valence-electron chi connectivity index (χ0n) is 35.2. The van der Waals surface area contributed by atoms with Gasteiger partial charge in [0, 0.05) is 11.5 Å². The monoisotopic (exact) mass is 788 g/mol. The zero-order chi connectivity index (χ0) is 42.0. The molecule has 1 fully saturated rings. The van der Waals surface area contributed by atoms with E-state index in [0.717, 1.165) is 42.4 Å². The largest absolute Gasteiger partial charge is 0.457 e. The van der Waals surface area contributed by atoms with Crippen molar-refractivity contribution < 1.29 is 28.7 Å². The van der Waals surface area contributed by atoms with E-state index < -0.39 is 0 Å². The highest BCUT2D eigenvalue weighted by Gasteiger charge is 2.65. The molecule has 8 rings (SSSR count). The lowest BCUT2D eigenvalue weighted by molar-refractivity contribution is 0.0615. The number of carbonyl (C=O) groups excluding carboxylic acids is 4. The third-order valence-corrected chi connectivity index (χ3v) is 14.0. The van der Waals surface area contributed by atoms with Crippen LogP contribution in [0.2, 0.25) is 0 Å². The van der Waals surface area contributed by atoms with Crippen LogP contribution < -0.4 is 14.4 Å². The van der Waals surface area contributed by atoms with Gasteiger partial charge in [-0.2, -0.15) is 0 Å². The molecule has 2 heterocycles. The van der Waals surface area contributed by atoms with E-state index in [2.05, 4.69) is 61.5 Å². The predicted octanol–water partition coefficient (Wildman–Crippen LogP) is 11.9. The number of rotatable bonds is 13. The first-order chi connectivity index (χ1) is 28.2. The SMILES string of the molecule is CCC1C(N2C(=O)c3ccc(Oc4ccc(C(C)(C)c5ccc(Oc6ccc7c(c6)C(=O)N(c6cccc(C(C)(CC)CC)c6)C7=O)cc5)cc4)cc3C2=O)C1(C)CC. The number of anilines is 1. The van der Waals surface area contributed by atoms with Gasteiger partial charge < -0.3 is 9.47 Å². The summed E-state index contributed by atoms with van der Waals surface area (Å²) in [6.45, 7) is 17.2. The summed E-state index contributed by atoms with van der Waals surface area (Å²) in [5.74, 6) is 1.37. The molecule has 3 unspecified atom stereocenters. The molecule has 8 heteroatoms. The Labute approximate surface area is 347 Å². The maximum absolute atomic E-state index is 13.7. The lowest BCUT2D eigenvalue weighted by atomic mass is 9.78. The zero-order valence-corrected chi connectivity index (χ0v) is 35.2. The second kappa shape index (κ2) is 14.7. The Morgan fingerprint density at radius 2 is 1.03 bits per heavy atom. The van der Waals surface area contributed by atoms with Gasteiger partial charge in [0.05, 0.1) is 27.9 Å². The van der Waals surface area contributed by atoms with Gasteiger partial charge in [-0.25, -0.2) is 4.90 Å². The van der Waals surface area contributed by atoms with Gasteiger partial charge in [-0.15, -0.1) is 0 Å². The summed E-state index contributed by atoms with van der Waals surface area (Å²) in [7, 11) is 0. The highest BCUT2D eigenvalue weighted by molar-refractivity contribution is 6.34. The molecule has 302 valence electrons. The molecular weight excluding hydrogens is 737 g/mol. The molecule has 0 radical (unpaired) electrons. The number of carbonyl (C=O) groups is 4. The van der Waals surface area contributed by atoms with E-state index in [1.165, 1.54) is 9.80 Å². The summed E-state index contributed by atoms with van der Waals surface area (Å²) in [4.78, 5) is 56.8. The minimum absolute atomic E-state index is 0.0367. The summed E-state index contributed by atoms with van der Waals surface area (Å²) >= 11 is 0. The molecule has 0 bridgehead atoms. The fourth-order valence-corrected chi connectivity index (χ4v) is 9.34. The normalized spacial score (nSPS) is 19.9. The topological polar surface area (TPSA) is 93.2 Å². The van der Waals surface area contributed by atoms with Crippen molar-refractivity contribution in [3.05, 3.63) is 148 Å². The molecule has 59 heavy (non-hydrogen) atoms. The number of ether oxygens (including phenoxy) is 2. The molecule has 0 saturated heterocycles. The Morgan fingerprint density at radius 3 is 1.53 bits per heavy atom. The van der Waals surface area contributed by atoms with Crippen LogP contribution in [0.4, 0.5) is 5.69 Å². The maximum Gasteiger partial charge on any atom is 0.266 e. The van der Waals surface area contributed by atoms with Crippen molar-refractivity contribution in [3.63, 3.8) is 0 Å². The number of imide groups is 2. The van der Waals surface area contributed by atoms with Crippen LogP contribution in [0.15, 0.2) is 109 Å². The van der Waals surface area contributed by atoms with Crippen molar-refractivity contribution in [1.29, 1.82) is 0 Å². The molecule has 3 atom stereocenters. The molecule has 8 nitrogen and oxygen atoms in total. The van der Waals surface area contributed by atoms with E-state index in [9.17, 15) is 19.2 Å². The Kier molecular flexibility index (Phi) is 9.89. The quantitative estimate of drug-likeness (QED) is 0.110. The molecule has 5 aromatic carbocycles. The van der Waals surface area contributed by atoms with Crippen LogP contribution in [-0.2, 0) is 10.8 Å². The Balaban J connectivity index is 0.926. The Bertz CT molecular complexity index is 2500. The first kappa shape index (κ1) is 39.8. The van der Waals surface area contributed by atoms with Crippen LogP contribution in [0.25, 0.3) is 0 Å². The Hall–Kier alpha value is -6.02. The van der Waals surface area contributed by atoms with Crippen LogP contribution >= 0.6 is 0 Å². The first-order valence-electron chi connectivity index (χ1n) is 20.9. The number of hydrogen-bond donors (Lipinski definition) is 0. The van der Waals surface area contributed by atoms with Crippen molar-refractivity contribution in [3.8, 4) is 23.0 Å². The molecule has 0 spiro atoms. The fourth-order valence-electron chi connectivity index (χ4n) is 9.34. The van der Waals surface area contributed by atoms with Gasteiger partial charge >= 0.3 is 0 Å². The number of amides is 4. The third-order valence-electron chi connectivity index (χ3n) is 14.0. The van der Waals surface area contributed by atoms with Crippen LogP contribution in [0.1, 0.15) is 139 Å². The number of nitrogens with zero attached hydrogens (tertiary/aromatic N) is 2. The van der Waals surface area contributed by atoms with Gasteiger partial charge in [0.1, 0.15) is 23.0 Å². The Morgan fingerprint density at radius 1 is 0.559 bits per heavy atom. The first-order valence-corrected chi connectivity index (χ1v) is 20.9. The number of benzene rings is 5. The van der Waals surface area contributed by atoms with Crippen LogP contribution in [0.3, 0.4) is 0 Å². The smallest absolute Gasteiger partial charge is 0.266 e. The van der Waals surface area contributed by atoms with E-state index in [1.807, 2.05) is 66.7 Å². The maximum atomic E-state index is 13.7. The van der Waals surface area contributed by atoms with Crippen molar-refractivity contribution in [1.82, 2.24) is 4.90 Å². The van der Waals surface area contributed by atoms with Crippen molar-refractivity contribution in [2.75, 3.05) is 4.90 Å². The van der Waals surface area contributed by atoms with E-state index in [-0.39, 0.29) is 45.9 Å². The lowest BCUT2D eigenvalue weighted by Crippen LogP contribution is -2.35. The number of hydrogen-bond acceptors (Lipinski definition) is 6. The van der Waals surface area contributed by atoms with Crippen molar-refractivity contribution in [2.24, 2.45) is 11.3 Å². The fraction of sp³-hybridized carbons (Fsp3) is 0.333. The molecule has 3 aliphatic rings. The average Bonchev–Trinajstić information content (AvgIpc) is 3.65. The third kappa shape index (κ3) is 6.53. The molecule has 2 aliphatic heterocycles. The molecule has 0 aromatic heterocycles. The van der Waals surface area contributed by atoms with Gasteiger partial charge in [-0.1, -0.05) is 98.2 Å². The minimum Gasteiger partial charge on any atom is -0.457 e. The predicted molar refractivity (Wildman–Crippen MR) is 230 cm³/mol. The molecular formula is C51H52N2O6. The number of fused-ring (bicyclic) bond motifs is 2. The summed E-state index contributed by atoms with van der Waals surface area (Å²) in [6.07, 6.45) is 3.75. The minimum atomic E-state index is -0.362. The van der Waals surface area contributed by atoms with Crippen molar-refractivity contribution in [2.45, 2.75) is 97.9 Å². The summed E-state index contributed by atoms with van der Waals surface area (Å²) in [5.41, 5.74) is 4.89. The lowest BCUT2D eigenvalue weighted by Gasteiger charge is -2.28. The van der Waals surface area contributed by atoms with Crippen LogP contribution in [0.5, 0.6) is 23.0 Å². The van der Waals surface area contributed by atoms with Gasteiger partial charge in [0.25, 0.3) is 23.6 Å². The van der Waals surface area contributed by atoms with Gasteiger partial charge in [-0.05, 0) is 125 Å². The average molecular weight is 789 g/mol. The van der Waals surface area contributed by atoms with E-state index >= 15 is 0 Å². The summed E-state index contributed by atoms with van der Waals surface area (Å²) in [6, 6.07) is 33.6. The standard InChI is InChI=1S/C51H52N2O6/c1-9-43-44(51(43,8)12-4)53-46(55)40-27-25-38(30-42(40)48(53)57)59-36-22-18-32(19-23-36)49(5,6)31-16-20-35(21-17-31)58-37-24-26-39-41(29-37)47(56)52(45(39)54)34-15-13-14-33(28-34)50(7,10-2)11-3/h13-30,43-44H,9-12H2,1-8H3. The summed E-state index contributed by atoms with van der Waals surface area (Å²) < 4.78 is 12.4. The van der Waals surface area contributed by atoms with E-state index in [0.29, 0.717) is 56.9 Å². The molecule has 0 N–H and O–H groups in total. The van der Waals surface area contributed by atoms with Gasteiger partial charge in [-0.3, -0.25) is 24.1 Å².